The van der Waals surface area contributed by atoms with E-state index in [9.17, 15) is 9.59 Å². The Hall–Kier alpha value is -1.88. The molecular weight excluding hydrogens is 292 g/mol. The minimum Gasteiger partial charge on any atom is -0.376 e. The fraction of sp³-hybridized carbons (Fsp3) is 0.556. The second kappa shape index (κ2) is 9.30. The Morgan fingerprint density at radius 3 is 2.30 bits per heavy atom. The molecule has 1 heterocycles. The molecule has 0 aromatic heterocycles. The lowest BCUT2D eigenvalue weighted by Crippen LogP contribution is -2.31. The summed E-state index contributed by atoms with van der Waals surface area (Å²) in [4.78, 5) is 24.0. The average molecular weight is 318 g/mol. The van der Waals surface area contributed by atoms with Crippen LogP contribution in [0.4, 0.5) is 0 Å². The molecule has 2 N–H and O–H groups in total. The molecule has 1 aliphatic rings. The standard InChI is InChI=1S/C18H26N2O3/c1-2-3-4-11-19-17(21)14-7-9-15(10-8-14)18(22)20-13-16-6-5-12-23-16/h7-10,16H,2-6,11-13H2,1H3,(H,19,21)(H,20,22). The molecule has 2 rings (SSSR count). The van der Waals surface area contributed by atoms with Gasteiger partial charge in [-0.25, -0.2) is 0 Å². The van der Waals surface area contributed by atoms with Crippen LogP contribution in [0.5, 0.6) is 0 Å². The molecule has 0 radical (unpaired) electrons. The van der Waals surface area contributed by atoms with E-state index in [-0.39, 0.29) is 17.9 Å². The zero-order valence-electron chi connectivity index (χ0n) is 13.8. The van der Waals surface area contributed by atoms with Gasteiger partial charge in [-0.2, -0.15) is 0 Å². The smallest absolute Gasteiger partial charge is 0.251 e. The third-order valence-electron chi connectivity index (χ3n) is 3.99. The van der Waals surface area contributed by atoms with Crippen LogP contribution < -0.4 is 10.6 Å². The number of amides is 2. The molecule has 0 saturated carbocycles. The van der Waals surface area contributed by atoms with Crippen LogP contribution in [0.15, 0.2) is 24.3 Å². The molecule has 1 aromatic rings. The van der Waals surface area contributed by atoms with Gasteiger partial charge in [0.15, 0.2) is 0 Å². The van der Waals surface area contributed by atoms with E-state index in [0.29, 0.717) is 24.2 Å². The number of benzene rings is 1. The highest BCUT2D eigenvalue weighted by Crippen LogP contribution is 2.11. The summed E-state index contributed by atoms with van der Waals surface area (Å²) in [5.41, 5.74) is 1.14. The van der Waals surface area contributed by atoms with Crippen LogP contribution in [-0.4, -0.2) is 37.6 Å². The molecule has 1 aromatic carbocycles. The van der Waals surface area contributed by atoms with E-state index >= 15 is 0 Å². The monoisotopic (exact) mass is 318 g/mol. The lowest BCUT2D eigenvalue weighted by molar-refractivity contribution is 0.0857. The molecule has 1 aliphatic heterocycles. The van der Waals surface area contributed by atoms with Crippen molar-refractivity contribution in [3.05, 3.63) is 35.4 Å². The van der Waals surface area contributed by atoms with Crippen molar-refractivity contribution in [2.24, 2.45) is 0 Å². The van der Waals surface area contributed by atoms with Crippen molar-refractivity contribution in [3.8, 4) is 0 Å². The summed E-state index contributed by atoms with van der Waals surface area (Å²) < 4.78 is 5.48. The summed E-state index contributed by atoms with van der Waals surface area (Å²) in [6.07, 6.45) is 5.42. The van der Waals surface area contributed by atoms with Gasteiger partial charge >= 0.3 is 0 Å². The minimum absolute atomic E-state index is 0.0904. The van der Waals surface area contributed by atoms with Crippen molar-refractivity contribution >= 4 is 11.8 Å². The number of hydrogen-bond acceptors (Lipinski definition) is 3. The number of nitrogens with one attached hydrogen (secondary N) is 2. The molecule has 1 saturated heterocycles. The van der Waals surface area contributed by atoms with Crippen LogP contribution in [0.2, 0.25) is 0 Å². The van der Waals surface area contributed by atoms with Crippen molar-refractivity contribution in [1.29, 1.82) is 0 Å². The highest BCUT2D eigenvalue weighted by Gasteiger charge is 2.16. The fourth-order valence-corrected chi connectivity index (χ4v) is 2.57. The summed E-state index contributed by atoms with van der Waals surface area (Å²) in [5, 5.41) is 5.76. The minimum atomic E-state index is -0.129. The largest absolute Gasteiger partial charge is 0.376 e. The van der Waals surface area contributed by atoms with Crippen molar-refractivity contribution in [2.45, 2.75) is 45.1 Å². The third-order valence-corrected chi connectivity index (χ3v) is 3.99. The van der Waals surface area contributed by atoms with E-state index in [0.717, 1.165) is 38.7 Å². The first kappa shape index (κ1) is 17.5. The van der Waals surface area contributed by atoms with Crippen LogP contribution in [0.25, 0.3) is 0 Å². The Morgan fingerprint density at radius 2 is 1.74 bits per heavy atom. The predicted molar refractivity (Wildman–Crippen MR) is 89.6 cm³/mol. The van der Waals surface area contributed by atoms with Gasteiger partial charge in [0, 0.05) is 30.8 Å². The van der Waals surface area contributed by atoms with Crippen LogP contribution in [0.3, 0.4) is 0 Å². The zero-order valence-corrected chi connectivity index (χ0v) is 13.8. The zero-order chi connectivity index (χ0) is 16.5. The summed E-state index contributed by atoms with van der Waals surface area (Å²) in [7, 11) is 0. The highest BCUT2D eigenvalue weighted by atomic mass is 16.5. The van der Waals surface area contributed by atoms with Gasteiger partial charge in [-0.3, -0.25) is 9.59 Å². The molecule has 23 heavy (non-hydrogen) atoms. The summed E-state index contributed by atoms with van der Waals surface area (Å²) in [6.45, 7) is 4.14. The first-order valence-corrected chi connectivity index (χ1v) is 8.48. The number of hydrogen-bond donors (Lipinski definition) is 2. The van der Waals surface area contributed by atoms with E-state index in [1.54, 1.807) is 24.3 Å². The Morgan fingerprint density at radius 1 is 1.09 bits per heavy atom. The van der Waals surface area contributed by atoms with Gasteiger partial charge < -0.3 is 15.4 Å². The van der Waals surface area contributed by atoms with E-state index in [1.807, 2.05) is 0 Å². The summed E-state index contributed by atoms with van der Waals surface area (Å²) >= 11 is 0. The second-order valence-electron chi connectivity index (χ2n) is 5.89. The summed E-state index contributed by atoms with van der Waals surface area (Å²) in [5.74, 6) is -0.220. The second-order valence-corrected chi connectivity index (χ2v) is 5.89. The van der Waals surface area contributed by atoms with Gasteiger partial charge in [0.25, 0.3) is 11.8 Å². The predicted octanol–water partition coefficient (Wildman–Crippen LogP) is 2.52. The van der Waals surface area contributed by atoms with Gasteiger partial charge in [-0.05, 0) is 43.5 Å². The SMILES string of the molecule is CCCCCNC(=O)c1ccc(C(=O)NCC2CCCO2)cc1. The van der Waals surface area contributed by atoms with Crippen molar-refractivity contribution in [2.75, 3.05) is 19.7 Å². The molecule has 5 nitrogen and oxygen atoms in total. The van der Waals surface area contributed by atoms with Gasteiger partial charge in [0.05, 0.1) is 6.10 Å². The molecule has 1 fully saturated rings. The normalized spacial score (nSPS) is 17.0. The van der Waals surface area contributed by atoms with Crippen LogP contribution in [-0.2, 0) is 4.74 Å². The highest BCUT2D eigenvalue weighted by molar-refractivity contribution is 5.97. The first-order valence-electron chi connectivity index (χ1n) is 8.48. The molecule has 0 spiro atoms. The maximum absolute atomic E-state index is 12.1. The fourth-order valence-electron chi connectivity index (χ4n) is 2.57. The van der Waals surface area contributed by atoms with E-state index < -0.39 is 0 Å². The first-order chi connectivity index (χ1) is 11.2. The molecule has 0 bridgehead atoms. The van der Waals surface area contributed by atoms with Crippen molar-refractivity contribution < 1.29 is 14.3 Å². The maximum Gasteiger partial charge on any atom is 0.251 e. The number of carbonyl (C=O) groups is 2. The maximum atomic E-state index is 12.1. The molecule has 0 aliphatic carbocycles. The van der Waals surface area contributed by atoms with Crippen LogP contribution >= 0.6 is 0 Å². The Labute approximate surface area is 137 Å². The topological polar surface area (TPSA) is 67.4 Å². The average Bonchev–Trinajstić information content (AvgIpc) is 3.10. The quantitative estimate of drug-likeness (QED) is 0.724. The number of ether oxygens (including phenoxy) is 1. The van der Waals surface area contributed by atoms with E-state index in [1.165, 1.54) is 0 Å². The lowest BCUT2D eigenvalue weighted by atomic mass is 10.1. The van der Waals surface area contributed by atoms with E-state index in [4.69, 9.17) is 4.74 Å². The Balaban J connectivity index is 1.78. The molecule has 1 unspecified atom stereocenters. The van der Waals surface area contributed by atoms with E-state index in [2.05, 4.69) is 17.6 Å². The van der Waals surface area contributed by atoms with Gasteiger partial charge in [0.1, 0.15) is 0 Å². The van der Waals surface area contributed by atoms with Gasteiger partial charge in [-0.1, -0.05) is 19.8 Å². The number of carbonyl (C=O) groups excluding carboxylic acids is 2. The third kappa shape index (κ3) is 5.67. The van der Waals surface area contributed by atoms with Crippen LogP contribution in [0.1, 0.15) is 59.7 Å². The number of unbranched alkanes of at least 4 members (excludes halogenated alkanes) is 2. The molecular formula is C18H26N2O3. The molecule has 1 atom stereocenters. The van der Waals surface area contributed by atoms with Crippen molar-refractivity contribution in [3.63, 3.8) is 0 Å². The molecule has 2 amide bonds. The van der Waals surface area contributed by atoms with Crippen molar-refractivity contribution in [1.82, 2.24) is 10.6 Å². The Bertz CT molecular complexity index is 508. The van der Waals surface area contributed by atoms with Gasteiger partial charge in [-0.15, -0.1) is 0 Å². The van der Waals surface area contributed by atoms with Crippen LogP contribution in [0, 0.1) is 0 Å². The lowest BCUT2D eigenvalue weighted by Gasteiger charge is -2.11. The molecule has 126 valence electrons. The molecule has 5 heteroatoms. The summed E-state index contributed by atoms with van der Waals surface area (Å²) in [6, 6.07) is 6.75. The van der Waals surface area contributed by atoms with Gasteiger partial charge in [0.2, 0.25) is 0 Å². The number of rotatable bonds is 8. The Kier molecular flexibility index (Phi) is 7.07.